The van der Waals surface area contributed by atoms with Crippen LogP contribution < -0.4 is 0 Å². The van der Waals surface area contributed by atoms with Gasteiger partial charge in [0.1, 0.15) is 0 Å². The quantitative estimate of drug-likeness (QED) is 0.686. The van der Waals surface area contributed by atoms with Crippen LogP contribution in [-0.4, -0.2) is 25.0 Å². The zero-order chi connectivity index (χ0) is 10.2. The van der Waals surface area contributed by atoms with Gasteiger partial charge in [-0.1, -0.05) is 12.8 Å². The molecule has 2 fully saturated rings. The predicted octanol–water partition coefficient (Wildman–Crippen LogP) is 2.41. The van der Waals surface area contributed by atoms with Gasteiger partial charge in [0.2, 0.25) is 0 Å². The molecule has 0 bridgehead atoms. The molecule has 0 aromatic heterocycles. The van der Waals surface area contributed by atoms with Crippen LogP contribution in [0.15, 0.2) is 0 Å². The highest BCUT2D eigenvalue weighted by atomic mass is 15.1. The van der Waals surface area contributed by atoms with Crippen molar-refractivity contribution >= 4 is 0 Å². The molecule has 0 N–H and O–H groups in total. The van der Waals surface area contributed by atoms with Crippen molar-refractivity contribution in [2.24, 2.45) is 11.3 Å². The summed E-state index contributed by atoms with van der Waals surface area (Å²) in [7, 11) is 4.28. The zero-order valence-corrected chi connectivity index (χ0v) is 9.29. The summed E-state index contributed by atoms with van der Waals surface area (Å²) >= 11 is 0. The monoisotopic (exact) mass is 192 g/mol. The molecule has 0 aromatic rings. The van der Waals surface area contributed by atoms with E-state index in [9.17, 15) is 5.26 Å². The summed E-state index contributed by atoms with van der Waals surface area (Å²) in [6, 6.07) is 3.09. The van der Waals surface area contributed by atoms with Crippen molar-refractivity contribution < 1.29 is 0 Å². The summed E-state index contributed by atoms with van der Waals surface area (Å²) in [5.74, 6) is 0.784. The van der Waals surface area contributed by atoms with E-state index in [-0.39, 0.29) is 5.41 Å². The van der Waals surface area contributed by atoms with Crippen LogP contribution in [0.3, 0.4) is 0 Å². The minimum Gasteiger partial charge on any atom is -0.305 e. The molecule has 1 atom stereocenters. The third-order valence-corrected chi connectivity index (χ3v) is 3.98. The van der Waals surface area contributed by atoms with E-state index in [1.807, 2.05) is 0 Å². The SMILES string of the molecule is CN(C)C(C1CCCC1)C1(C#N)CC1. The molecule has 0 amide bonds. The molecular formula is C12H20N2. The maximum absolute atomic E-state index is 9.26. The molecule has 2 heteroatoms. The van der Waals surface area contributed by atoms with Gasteiger partial charge in [-0.3, -0.25) is 0 Å². The van der Waals surface area contributed by atoms with Crippen LogP contribution in [-0.2, 0) is 0 Å². The van der Waals surface area contributed by atoms with Gasteiger partial charge in [0.25, 0.3) is 0 Å². The molecule has 0 radical (unpaired) electrons. The lowest BCUT2D eigenvalue weighted by atomic mass is 9.84. The van der Waals surface area contributed by atoms with E-state index < -0.39 is 0 Å². The fourth-order valence-corrected chi connectivity index (χ4v) is 3.25. The first-order valence-electron chi connectivity index (χ1n) is 5.77. The van der Waals surface area contributed by atoms with Gasteiger partial charge in [-0.15, -0.1) is 0 Å². The molecule has 2 rings (SSSR count). The van der Waals surface area contributed by atoms with Crippen molar-refractivity contribution in [3.63, 3.8) is 0 Å². The summed E-state index contributed by atoms with van der Waals surface area (Å²) < 4.78 is 0. The third-order valence-electron chi connectivity index (χ3n) is 3.98. The summed E-state index contributed by atoms with van der Waals surface area (Å²) in [6.07, 6.45) is 7.68. The molecule has 2 saturated carbocycles. The first-order valence-corrected chi connectivity index (χ1v) is 5.77. The average Bonchev–Trinajstić information content (AvgIpc) is 2.73. The van der Waals surface area contributed by atoms with Gasteiger partial charge in [0.05, 0.1) is 11.5 Å². The Morgan fingerprint density at radius 3 is 2.21 bits per heavy atom. The summed E-state index contributed by atoms with van der Waals surface area (Å²) in [5.41, 5.74) is 0.0263. The number of nitrogens with zero attached hydrogens (tertiary/aromatic N) is 2. The minimum absolute atomic E-state index is 0.0263. The van der Waals surface area contributed by atoms with E-state index in [1.54, 1.807) is 0 Å². The molecular weight excluding hydrogens is 172 g/mol. The molecule has 2 aliphatic rings. The Hall–Kier alpha value is -0.550. The summed E-state index contributed by atoms with van der Waals surface area (Å²) in [6.45, 7) is 0. The Bertz CT molecular complexity index is 242. The lowest BCUT2D eigenvalue weighted by Gasteiger charge is -2.33. The van der Waals surface area contributed by atoms with Crippen LogP contribution in [0.4, 0.5) is 0 Å². The predicted molar refractivity (Wildman–Crippen MR) is 56.7 cm³/mol. The van der Waals surface area contributed by atoms with E-state index in [1.165, 1.54) is 25.7 Å². The van der Waals surface area contributed by atoms with E-state index in [0.29, 0.717) is 6.04 Å². The zero-order valence-electron chi connectivity index (χ0n) is 9.29. The van der Waals surface area contributed by atoms with Gasteiger partial charge >= 0.3 is 0 Å². The van der Waals surface area contributed by atoms with Gasteiger partial charge in [-0.2, -0.15) is 5.26 Å². The maximum Gasteiger partial charge on any atom is 0.0732 e. The Kier molecular flexibility index (Phi) is 2.53. The highest BCUT2D eigenvalue weighted by molar-refractivity contribution is 5.17. The molecule has 0 aliphatic heterocycles. The van der Waals surface area contributed by atoms with E-state index in [2.05, 4.69) is 25.1 Å². The van der Waals surface area contributed by atoms with E-state index in [0.717, 1.165) is 18.8 Å². The molecule has 2 nitrogen and oxygen atoms in total. The number of hydrogen-bond donors (Lipinski definition) is 0. The van der Waals surface area contributed by atoms with Crippen molar-refractivity contribution in [3.05, 3.63) is 0 Å². The third kappa shape index (κ3) is 1.54. The number of nitriles is 1. The van der Waals surface area contributed by atoms with Crippen LogP contribution >= 0.6 is 0 Å². The molecule has 14 heavy (non-hydrogen) atoms. The van der Waals surface area contributed by atoms with Gasteiger partial charge in [0, 0.05) is 6.04 Å². The molecule has 2 aliphatic carbocycles. The van der Waals surface area contributed by atoms with Crippen LogP contribution in [0.5, 0.6) is 0 Å². The van der Waals surface area contributed by atoms with Gasteiger partial charge in [-0.25, -0.2) is 0 Å². The molecule has 0 spiro atoms. The van der Waals surface area contributed by atoms with Crippen LogP contribution in [0.2, 0.25) is 0 Å². The summed E-state index contributed by atoms with van der Waals surface area (Å²) in [5, 5.41) is 9.26. The highest BCUT2D eigenvalue weighted by Gasteiger charge is 2.53. The number of rotatable bonds is 3. The first kappa shape index (κ1) is 9.98. The Labute approximate surface area is 86.9 Å². The fraction of sp³-hybridized carbons (Fsp3) is 0.917. The summed E-state index contributed by atoms with van der Waals surface area (Å²) in [4.78, 5) is 2.30. The van der Waals surface area contributed by atoms with Gasteiger partial charge in [0.15, 0.2) is 0 Å². The first-order chi connectivity index (χ1) is 6.69. The second kappa shape index (κ2) is 3.55. The molecule has 1 unspecified atom stereocenters. The average molecular weight is 192 g/mol. The van der Waals surface area contributed by atoms with Gasteiger partial charge < -0.3 is 4.90 Å². The second-order valence-corrected chi connectivity index (χ2v) is 5.22. The minimum atomic E-state index is 0.0263. The van der Waals surface area contributed by atoms with Crippen molar-refractivity contribution in [1.29, 1.82) is 5.26 Å². The molecule has 0 saturated heterocycles. The standard InChI is InChI=1S/C12H20N2/c1-14(2)11(10-5-3-4-6-10)12(9-13)7-8-12/h10-11H,3-8H2,1-2H3. The van der Waals surface area contributed by atoms with E-state index >= 15 is 0 Å². The highest BCUT2D eigenvalue weighted by Crippen LogP contribution is 2.53. The molecule has 78 valence electrons. The van der Waals surface area contributed by atoms with Crippen molar-refractivity contribution in [2.75, 3.05) is 14.1 Å². The van der Waals surface area contributed by atoms with E-state index in [4.69, 9.17) is 0 Å². The number of hydrogen-bond acceptors (Lipinski definition) is 2. The van der Waals surface area contributed by atoms with Crippen molar-refractivity contribution in [2.45, 2.75) is 44.6 Å². The molecule has 0 aromatic carbocycles. The maximum atomic E-state index is 9.26. The Morgan fingerprint density at radius 1 is 1.29 bits per heavy atom. The Balaban J connectivity index is 2.12. The largest absolute Gasteiger partial charge is 0.305 e. The fourth-order valence-electron chi connectivity index (χ4n) is 3.25. The van der Waals surface area contributed by atoms with Crippen molar-refractivity contribution in [3.8, 4) is 6.07 Å². The van der Waals surface area contributed by atoms with Crippen LogP contribution in [0.1, 0.15) is 38.5 Å². The Morgan fingerprint density at radius 2 is 1.86 bits per heavy atom. The van der Waals surface area contributed by atoms with Crippen molar-refractivity contribution in [1.82, 2.24) is 4.90 Å². The van der Waals surface area contributed by atoms with Crippen LogP contribution in [0, 0.1) is 22.7 Å². The molecule has 0 heterocycles. The smallest absolute Gasteiger partial charge is 0.0732 e. The topological polar surface area (TPSA) is 27.0 Å². The lowest BCUT2D eigenvalue weighted by molar-refractivity contribution is 0.156. The normalized spacial score (nSPS) is 27.6. The lowest BCUT2D eigenvalue weighted by Crippen LogP contribution is -2.41. The second-order valence-electron chi connectivity index (χ2n) is 5.22. The van der Waals surface area contributed by atoms with Crippen LogP contribution in [0.25, 0.3) is 0 Å². The van der Waals surface area contributed by atoms with Gasteiger partial charge in [-0.05, 0) is 45.7 Å².